The van der Waals surface area contributed by atoms with Crippen molar-refractivity contribution in [3.8, 4) is 11.5 Å². The molecule has 2 aromatic carbocycles. The number of hydrogen-bond acceptors (Lipinski definition) is 5. The lowest BCUT2D eigenvalue weighted by atomic mass is 9.73. The van der Waals surface area contributed by atoms with Crippen LogP contribution in [0.4, 0.5) is 0 Å². The number of carbonyl (C=O) groups is 1. The van der Waals surface area contributed by atoms with Crippen molar-refractivity contribution in [3.05, 3.63) is 77.1 Å². The second-order valence-electron chi connectivity index (χ2n) is 8.40. The molecule has 0 amide bonds. The summed E-state index contributed by atoms with van der Waals surface area (Å²) < 4.78 is 10.6. The summed E-state index contributed by atoms with van der Waals surface area (Å²) in [4.78, 5) is 17.6. The van der Waals surface area contributed by atoms with Crippen LogP contribution in [-0.4, -0.2) is 30.8 Å². The molecule has 5 heteroatoms. The Balaban J connectivity index is 1.93. The number of allylic oxidation sites excluding steroid dienone is 2. The van der Waals surface area contributed by atoms with Gasteiger partial charge in [0.05, 0.1) is 32.0 Å². The molecule has 1 fully saturated rings. The fraction of sp³-hybridized carbons (Fsp3) is 0.308. The molecule has 0 spiro atoms. The summed E-state index contributed by atoms with van der Waals surface area (Å²) in [6, 6.07) is 15.3. The first-order valence-electron chi connectivity index (χ1n) is 10.3. The Kier molecular flexibility index (Phi) is 6.95. The number of ketones is 1. The maximum atomic E-state index is 12.9. The highest BCUT2D eigenvalue weighted by molar-refractivity contribution is 6.25. The monoisotopic (exact) mass is 419 g/mol. The molecule has 0 aliphatic heterocycles. The highest BCUT2D eigenvalue weighted by Gasteiger charge is 2.35. The number of carbonyl (C=O) groups excluding carboxylic acids is 1. The number of aliphatic hydroxyl groups excluding tert-OH is 1. The Morgan fingerprint density at radius 1 is 1.06 bits per heavy atom. The van der Waals surface area contributed by atoms with Gasteiger partial charge >= 0.3 is 0 Å². The van der Waals surface area contributed by atoms with Crippen LogP contribution < -0.4 is 9.47 Å². The van der Waals surface area contributed by atoms with Crippen LogP contribution >= 0.6 is 0 Å². The predicted octanol–water partition coefficient (Wildman–Crippen LogP) is 5.56. The molecule has 0 heterocycles. The van der Waals surface area contributed by atoms with E-state index in [9.17, 15) is 9.90 Å². The summed E-state index contributed by atoms with van der Waals surface area (Å²) >= 11 is 0. The molecule has 31 heavy (non-hydrogen) atoms. The van der Waals surface area contributed by atoms with Crippen LogP contribution in [0.1, 0.15) is 37.8 Å². The third-order valence-electron chi connectivity index (χ3n) is 5.25. The topological polar surface area (TPSA) is 68.1 Å². The maximum absolute atomic E-state index is 12.9. The van der Waals surface area contributed by atoms with Gasteiger partial charge in [-0.05, 0) is 41.2 Å². The van der Waals surface area contributed by atoms with E-state index in [4.69, 9.17) is 14.5 Å². The second kappa shape index (κ2) is 9.65. The number of benzene rings is 2. The first-order chi connectivity index (χ1) is 14.8. The molecule has 1 N–H and O–H groups in total. The van der Waals surface area contributed by atoms with E-state index in [-0.39, 0.29) is 17.0 Å². The molecule has 3 rings (SSSR count). The molecule has 5 nitrogen and oxygen atoms in total. The van der Waals surface area contributed by atoms with Gasteiger partial charge in [0.2, 0.25) is 0 Å². The zero-order valence-electron chi connectivity index (χ0n) is 18.5. The van der Waals surface area contributed by atoms with E-state index < -0.39 is 0 Å². The number of rotatable bonds is 6. The van der Waals surface area contributed by atoms with E-state index in [2.05, 4.69) is 13.8 Å². The number of aliphatic hydroxyl groups is 1. The minimum atomic E-state index is -0.191. The smallest absolute Gasteiger partial charge is 0.168 e. The summed E-state index contributed by atoms with van der Waals surface area (Å²) in [6.07, 6.45) is 4.30. The highest BCUT2D eigenvalue weighted by atomic mass is 16.5. The number of Topliss-reactive ketones (excluding diaryl/α,β-unsaturated/α-hetero) is 1. The Bertz CT molecular complexity index is 1030. The van der Waals surface area contributed by atoms with Gasteiger partial charge in [0, 0.05) is 6.42 Å². The van der Waals surface area contributed by atoms with E-state index in [1.807, 2.05) is 42.5 Å². The van der Waals surface area contributed by atoms with E-state index >= 15 is 0 Å². The van der Waals surface area contributed by atoms with Crippen LogP contribution in [0.5, 0.6) is 11.5 Å². The van der Waals surface area contributed by atoms with E-state index in [1.165, 1.54) is 0 Å². The van der Waals surface area contributed by atoms with Crippen molar-refractivity contribution in [1.29, 1.82) is 0 Å². The molecule has 0 radical (unpaired) electrons. The van der Waals surface area contributed by atoms with Gasteiger partial charge < -0.3 is 14.6 Å². The van der Waals surface area contributed by atoms with Crippen molar-refractivity contribution >= 4 is 17.6 Å². The minimum absolute atomic E-state index is 0.0675. The highest BCUT2D eigenvalue weighted by Crippen LogP contribution is 2.36. The average molecular weight is 420 g/mol. The van der Waals surface area contributed by atoms with Crippen molar-refractivity contribution in [1.82, 2.24) is 0 Å². The lowest BCUT2D eigenvalue weighted by molar-refractivity contribution is -0.117. The van der Waals surface area contributed by atoms with Gasteiger partial charge in [-0.25, -0.2) is 0 Å². The molecule has 1 aliphatic carbocycles. The average Bonchev–Trinajstić information content (AvgIpc) is 2.75. The largest absolute Gasteiger partial charge is 0.507 e. The third-order valence-corrected chi connectivity index (χ3v) is 5.25. The van der Waals surface area contributed by atoms with Gasteiger partial charge in [-0.1, -0.05) is 56.3 Å². The SMILES string of the molecule is COc1ccc(/C=C/C(O)=C2/C(=O)CC(C)(C)CC2=NCc2ccccc2)cc1OC. The van der Waals surface area contributed by atoms with Crippen molar-refractivity contribution in [3.63, 3.8) is 0 Å². The molecule has 1 saturated carbocycles. The van der Waals surface area contributed by atoms with Gasteiger partial charge in [-0.3, -0.25) is 9.79 Å². The minimum Gasteiger partial charge on any atom is -0.507 e. The van der Waals surface area contributed by atoms with Crippen LogP contribution in [0, 0.1) is 5.41 Å². The second-order valence-corrected chi connectivity index (χ2v) is 8.40. The van der Waals surface area contributed by atoms with Gasteiger partial charge in [0.1, 0.15) is 5.76 Å². The number of ether oxygens (including phenoxy) is 2. The fourth-order valence-corrected chi connectivity index (χ4v) is 3.70. The van der Waals surface area contributed by atoms with Crippen molar-refractivity contribution in [2.45, 2.75) is 33.2 Å². The van der Waals surface area contributed by atoms with Crippen molar-refractivity contribution in [2.24, 2.45) is 10.4 Å². The van der Waals surface area contributed by atoms with Crippen LogP contribution in [-0.2, 0) is 11.3 Å². The van der Waals surface area contributed by atoms with Crippen LogP contribution in [0.3, 0.4) is 0 Å². The fourth-order valence-electron chi connectivity index (χ4n) is 3.70. The Labute approximate surface area is 183 Å². The Morgan fingerprint density at radius 2 is 1.77 bits per heavy atom. The predicted molar refractivity (Wildman–Crippen MR) is 124 cm³/mol. The number of nitrogens with zero attached hydrogens (tertiary/aromatic N) is 1. The lowest BCUT2D eigenvalue weighted by Crippen LogP contribution is -2.32. The number of aliphatic imine (C=N–C) groups is 1. The summed E-state index contributed by atoms with van der Waals surface area (Å²) in [7, 11) is 3.15. The van der Waals surface area contributed by atoms with Gasteiger partial charge in [0.25, 0.3) is 0 Å². The molecular formula is C26H29NO4. The lowest BCUT2D eigenvalue weighted by Gasteiger charge is -2.31. The van der Waals surface area contributed by atoms with E-state index in [0.29, 0.717) is 42.2 Å². The number of hydrogen-bond donors (Lipinski definition) is 1. The third kappa shape index (κ3) is 5.63. The Morgan fingerprint density at radius 3 is 2.45 bits per heavy atom. The zero-order chi connectivity index (χ0) is 22.4. The quantitative estimate of drug-likeness (QED) is 0.492. The summed E-state index contributed by atoms with van der Waals surface area (Å²) in [6.45, 7) is 4.57. The van der Waals surface area contributed by atoms with Crippen LogP contribution in [0.15, 0.2) is 70.9 Å². The van der Waals surface area contributed by atoms with E-state index in [1.54, 1.807) is 32.4 Å². The normalized spacial score (nSPS) is 19.0. The molecule has 0 saturated heterocycles. The van der Waals surface area contributed by atoms with Gasteiger partial charge in [-0.2, -0.15) is 0 Å². The standard InChI is InChI=1S/C26H29NO4/c1-26(2)15-20(27-17-19-8-6-5-7-9-19)25(22(29)16-26)21(28)12-10-18-11-13-23(30-3)24(14-18)31-4/h5-14,28H,15-17H2,1-4H3/b12-10+,25-21-,27-20?. The molecule has 0 atom stereocenters. The molecule has 1 aliphatic rings. The van der Waals surface area contributed by atoms with Crippen molar-refractivity contribution in [2.75, 3.05) is 14.2 Å². The van der Waals surface area contributed by atoms with Gasteiger partial charge in [-0.15, -0.1) is 0 Å². The first kappa shape index (κ1) is 22.3. The summed E-state index contributed by atoms with van der Waals surface area (Å²) in [5.41, 5.74) is 2.65. The number of methoxy groups -OCH3 is 2. The summed E-state index contributed by atoms with van der Waals surface area (Å²) in [5.74, 6) is 1.07. The molecule has 0 unspecified atom stereocenters. The maximum Gasteiger partial charge on any atom is 0.168 e. The molecule has 162 valence electrons. The van der Waals surface area contributed by atoms with Crippen LogP contribution in [0.25, 0.3) is 6.08 Å². The van der Waals surface area contributed by atoms with Gasteiger partial charge in [0.15, 0.2) is 17.3 Å². The molecule has 2 aromatic rings. The Hall–Kier alpha value is -3.34. The molecular weight excluding hydrogens is 390 g/mol. The summed E-state index contributed by atoms with van der Waals surface area (Å²) in [5, 5.41) is 10.8. The molecule has 0 aromatic heterocycles. The zero-order valence-corrected chi connectivity index (χ0v) is 18.5. The van der Waals surface area contributed by atoms with Crippen LogP contribution in [0.2, 0.25) is 0 Å². The molecule has 0 bridgehead atoms. The van der Waals surface area contributed by atoms with Crippen molar-refractivity contribution < 1.29 is 19.4 Å². The first-order valence-corrected chi connectivity index (χ1v) is 10.3. The van der Waals surface area contributed by atoms with E-state index in [0.717, 1.165) is 11.1 Å².